The van der Waals surface area contributed by atoms with Gasteiger partial charge in [-0.1, -0.05) is 29.8 Å². The van der Waals surface area contributed by atoms with Crippen molar-refractivity contribution < 1.29 is 17.9 Å². The van der Waals surface area contributed by atoms with Crippen LogP contribution in [0.3, 0.4) is 0 Å². The molecule has 0 aliphatic rings. The smallest absolute Gasteiger partial charge is 0.307 e. The second-order valence-electron chi connectivity index (χ2n) is 3.74. The Morgan fingerprint density at radius 1 is 1.44 bits per heavy atom. The quantitative estimate of drug-likeness (QED) is 0.834. The summed E-state index contributed by atoms with van der Waals surface area (Å²) in [5.41, 5.74) is 0.537. The largest absolute Gasteiger partial charge is 0.469 e. The fraction of sp³-hybridized carbons (Fsp3) is 0.364. The minimum atomic E-state index is -3.46. The van der Waals surface area contributed by atoms with Gasteiger partial charge in [-0.05, 0) is 11.6 Å². The zero-order valence-corrected chi connectivity index (χ0v) is 11.6. The van der Waals surface area contributed by atoms with Gasteiger partial charge in [0.05, 0.1) is 25.8 Å². The highest BCUT2D eigenvalue weighted by Crippen LogP contribution is 2.25. The normalized spacial score (nSPS) is 13.1. The molecule has 0 aliphatic carbocycles. The molecule has 7 heteroatoms. The number of carbonyl (C=O) groups is 1. The van der Waals surface area contributed by atoms with Crippen LogP contribution < -0.4 is 4.72 Å². The molecule has 0 heterocycles. The minimum absolute atomic E-state index is 0.118. The Morgan fingerprint density at radius 3 is 2.56 bits per heavy atom. The average Bonchev–Trinajstić information content (AvgIpc) is 2.26. The summed E-state index contributed by atoms with van der Waals surface area (Å²) in [6.45, 7) is 0. The molecule has 1 atom stereocenters. The van der Waals surface area contributed by atoms with Crippen molar-refractivity contribution in [3.8, 4) is 0 Å². The first-order valence-corrected chi connectivity index (χ1v) is 7.39. The van der Waals surface area contributed by atoms with E-state index in [9.17, 15) is 13.2 Å². The number of ether oxygens (including phenoxy) is 1. The summed E-state index contributed by atoms with van der Waals surface area (Å²) in [6.07, 6.45) is 0.904. The molecule has 5 nitrogen and oxygen atoms in total. The lowest BCUT2D eigenvalue weighted by molar-refractivity contribution is -0.141. The molecule has 0 amide bonds. The van der Waals surface area contributed by atoms with E-state index >= 15 is 0 Å². The predicted molar refractivity (Wildman–Crippen MR) is 68.8 cm³/mol. The lowest BCUT2D eigenvalue weighted by Crippen LogP contribution is -2.29. The first kappa shape index (κ1) is 14.9. The van der Waals surface area contributed by atoms with E-state index in [0.29, 0.717) is 10.6 Å². The van der Waals surface area contributed by atoms with Crippen LogP contribution in [0.1, 0.15) is 18.0 Å². The summed E-state index contributed by atoms with van der Waals surface area (Å²) >= 11 is 5.99. The average molecular weight is 292 g/mol. The number of halogens is 1. The van der Waals surface area contributed by atoms with Gasteiger partial charge >= 0.3 is 5.97 Å². The van der Waals surface area contributed by atoms with Crippen molar-refractivity contribution in [2.45, 2.75) is 12.5 Å². The maximum atomic E-state index is 11.3. The number of benzene rings is 1. The fourth-order valence-electron chi connectivity index (χ4n) is 1.48. The molecule has 18 heavy (non-hydrogen) atoms. The van der Waals surface area contributed by atoms with Crippen LogP contribution in [0.4, 0.5) is 0 Å². The van der Waals surface area contributed by atoms with Gasteiger partial charge in [-0.3, -0.25) is 4.79 Å². The Balaban J connectivity index is 3.04. The first-order chi connectivity index (χ1) is 8.33. The molecule has 0 saturated heterocycles. The highest BCUT2D eigenvalue weighted by Gasteiger charge is 2.21. The Hall–Kier alpha value is -1.11. The van der Waals surface area contributed by atoms with E-state index in [4.69, 9.17) is 11.6 Å². The van der Waals surface area contributed by atoms with Gasteiger partial charge in [0.1, 0.15) is 0 Å². The molecule has 100 valence electrons. The number of esters is 1. The molecule has 0 radical (unpaired) electrons. The van der Waals surface area contributed by atoms with E-state index < -0.39 is 22.0 Å². The first-order valence-electron chi connectivity index (χ1n) is 5.12. The van der Waals surface area contributed by atoms with Crippen LogP contribution in [-0.2, 0) is 19.6 Å². The third-order valence-corrected chi connectivity index (χ3v) is 3.29. The maximum Gasteiger partial charge on any atom is 0.307 e. The molecule has 1 N–H and O–H groups in total. The monoisotopic (exact) mass is 291 g/mol. The van der Waals surface area contributed by atoms with Crippen LogP contribution >= 0.6 is 11.6 Å². The lowest BCUT2D eigenvalue weighted by atomic mass is 10.1. The summed E-state index contributed by atoms with van der Waals surface area (Å²) in [7, 11) is -2.22. The Labute approximate surface area is 111 Å². The molecule has 1 aromatic carbocycles. The Bertz CT molecular complexity index is 530. The van der Waals surface area contributed by atoms with Crippen molar-refractivity contribution in [3.05, 3.63) is 34.9 Å². The number of nitrogens with one attached hydrogen (secondary N) is 1. The van der Waals surface area contributed by atoms with E-state index in [2.05, 4.69) is 9.46 Å². The zero-order valence-electron chi connectivity index (χ0n) is 10.0. The molecule has 0 bridgehead atoms. The van der Waals surface area contributed by atoms with Crippen LogP contribution in [0.5, 0.6) is 0 Å². The van der Waals surface area contributed by atoms with Crippen LogP contribution in [0, 0.1) is 0 Å². The predicted octanol–water partition coefficient (Wildman–Crippen LogP) is 1.49. The minimum Gasteiger partial charge on any atom is -0.469 e. The summed E-state index contributed by atoms with van der Waals surface area (Å²) < 4.78 is 29.5. The Kier molecular flexibility index (Phi) is 5.13. The van der Waals surface area contributed by atoms with Gasteiger partial charge in [0.15, 0.2) is 0 Å². The van der Waals surface area contributed by atoms with Crippen molar-refractivity contribution in [1.82, 2.24) is 4.72 Å². The highest BCUT2D eigenvalue weighted by molar-refractivity contribution is 7.88. The fourth-order valence-corrected chi connectivity index (χ4v) is 2.48. The van der Waals surface area contributed by atoms with E-state index in [-0.39, 0.29) is 6.42 Å². The molecule has 0 aliphatic heterocycles. The third-order valence-electron chi connectivity index (χ3n) is 2.24. The highest BCUT2D eigenvalue weighted by atomic mass is 35.5. The number of hydrogen-bond donors (Lipinski definition) is 1. The SMILES string of the molecule is COC(=O)CC(NS(C)(=O)=O)c1ccccc1Cl. The number of methoxy groups -OCH3 is 1. The molecular weight excluding hydrogens is 278 g/mol. The van der Waals surface area contributed by atoms with Crippen molar-refractivity contribution >= 4 is 27.6 Å². The number of sulfonamides is 1. The van der Waals surface area contributed by atoms with Gasteiger partial charge in [-0.15, -0.1) is 0 Å². The van der Waals surface area contributed by atoms with Gasteiger partial charge < -0.3 is 4.74 Å². The third kappa shape index (κ3) is 4.64. The van der Waals surface area contributed by atoms with E-state index in [1.165, 1.54) is 7.11 Å². The maximum absolute atomic E-state index is 11.3. The molecule has 1 rings (SSSR count). The molecule has 1 aromatic rings. The van der Waals surface area contributed by atoms with Gasteiger partial charge in [0, 0.05) is 5.02 Å². The molecule has 0 spiro atoms. The van der Waals surface area contributed by atoms with Crippen molar-refractivity contribution in [2.24, 2.45) is 0 Å². The van der Waals surface area contributed by atoms with Crippen molar-refractivity contribution in [3.63, 3.8) is 0 Å². The second-order valence-corrected chi connectivity index (χ2v) is 5.93. The number of rotatable bonds is 5. The number of hydrogen-bond acceptors (Lipinski definition) is 4. The zero-order chi connectivity index (χ0) is 13.8. The van der Waals surface area contributed by atoms with Crippen LogP contribution in [-0.4, -0.2) is 27.8 Å². The van der Waals surface area contributed by atoms with Gasteiger partial charge in [-0.25, -0.2) is 13.1 Å². The lowest BCUT2D eigenvalue weighted by Gasteiger charge is -2.17. The second kappa shape index (κ2) is 6.17. The summed E-state index contributed by atoms with van der Waals surface area (Å²) in [4.78, 5) is 11.3. The van der Waals surface area contributed by atoms with Gasteiger partial charge in [0.2, 0.25) is 10.0 Å². The molecule has 1 unspecified atom stereocenters. The molecular formula is C11H14ClNO4S. The van der Waals surface area contributed by atoms with Crippen LogP contribution in [0.2, 0.25) is 5.02 Å². The van der Waals surface area contributed by atoms with Gasteiger partial charge in [0.25, 0.3) is 0 Å². The summed E-state index contributed by atoms with van der Waals surface area (Å²) in [6, 6.07) is 6.00. The van der Waals surface area contributed by atoms with Crippen LogP contribution in [0.15, 0.2) is 24.3 Å². The summed E-state index contributed by atoms with van der Waals surface area (Å²) in [5.74, 6) is -0.518. The number of carbonyl (C=O) groups excluding carboxylic acids is 1. The standard InChI is InChI=1S/C11H14ClNO4S/c1-17-11(14)7-10(13-18(2,15)16)8-5-3-4-6-9(8)12/h3-6,10,13H,7H2,1-2H3. The molecule has 0 saturated carbocycles. The topological polar surface area (TPSA) is 72.5 Å². The van der Waals surface area contributed by atoms with E-state index in [0.717, 1.165) is 6.26 Å². The van der Waals surface area contributed by atoms with E-state index in [1.54, 1.807) is 24.3 Å². The van der Waals surface area contributed by atoms with Gasteiger partial charge in [-0.2, -0.15) is 0 Å². The van der Waals surface area contributed by atoms with Crippen LogP contribution in [0.25, 0.3) is 0 Å². The molecule has 0 fully saturated rings. The van der Waals surface area contributed by atoms with Crippen molar-refractivity contribution in [2.75, 3.05) is 13.4 Å². The summed E-state index contributed by atoms with van der Waals surface area (Å²) in [5, 5.41) is 0.391. The van der Waals surface area contributed by atoms with E-state index in [1.807, 2.05) is 0 Å². The Morgan fingerprint density at radius 2 is 2.06 bits per heavy atom. The molecule has 0 aromatic heterocycles. The van der Waals surface area contributed by atoms with Crippen molar-refractivity contribution in [1.29, 1.82) is 0 Å².